The van der Waals surface area contributed by atoms with Crippen LogP contribution in [0.25, 0.3) is 11.0 Å². The van der Waals surface area contributed by atoms with E-state index in [1.807, 2.05) is 0 Å². The van der Waals surface area contributed by atoms with E-state index in [1.165, 1.54) is 0 Å². The Morgan fingerprint density at radius 1 is 1.30 bits per heavy atom. The summed E-state index contributed by atoms with van der Waals surface area (Å²) in [5.74, 6) is 0. The minimum atomic E-state index is -4.51. The summed E-state index contributed by atoms with van der Waals surface area (Å²) in [5, 5.41) is 7.13. The Labute approximate surface area is 131 Å². The maximum absolute atomic E-state index is 12.7. The zero-order valence-corrected chi connectivity index (χ0v) is 13.8. The lowest BCUT2D eigenvalue weighted by molar-refractivity contribution is -0.137. The molecular weight excluding hydrogens is 331 g/mol. The highest BCUT2D eigenvalue weighted by molar-refractivity contribution is 6.76. The molecule has 0 unspecified atom stereocenters. The van der Waals surface area contributed by atoms with Crippen molar-refractivity contribution in [2.45, 2.75) is 31.9 Å². The Morgan fingerprint density at radius 2 is 2.00 bits per heavy atom. The van der Waals surface area contributed by atoms with E-state index in [0.717, 1.165) is 24.2 Å². The van der Waals surface area contributed by atoms with Crippen LogP contribution in [0.3, 0.4) is 0 Å². The monoisotopic (exact) mass is 347 g/mol. The number of fused-ring (bicyclic) bond motifs is 1. The molecule has 0 saturated heterocycles. The first-order valence-corrected chi connectivity index (χ1v) is 10.5. The topological polar surface area (TPSA) is 66.2 Å². The van der Waals surface area contributed by atoms with Crippen LogP contribution in [-0.4, -0.2) is 36.0 Å². The largest absolute Gasteiger partial charge is 0.535 e. The van der Waals surface area contributed by atoms with Crippen molar-refractivity contribution in [3.05, 3.63) is 23.8 Å². The number of hydrogen-bond acceptors (Lipinski definition) is 5. The van der Waals surface area contributed by atoms with E-state index < -0.39 is 26.0 Å². The highest BCUT2D eigenvalue weighted by Gasteiger charge is 2.31. The van der Waals surface area contributed by atoms with Gasteiger partial charge in [0.2, 0.25) is 0 Å². The second kappa shape index (κ2) is 6.18. The van der Waals surface area contributed by atoms with Crippen LogP contribution in [-0.2, 0) is 10.9 Å². The number of halogens is 3. The van der Waals surface area contributed by atoms with Crippen molar-refractivity contribution in [2.24, 2.45) is 0 Å². The van der Waals surface area contributed by atoms with E-state index in [1.54, 1.807) is 0 Å². The second-order valence-corrected chi connectivity index (χ2v) is 11.8. The molecule has 1 aromatic heterocycles. The lowest BCUT2D eigenvalue weighted by Gasteiger charge is -2.14. The van der Waals surface area contributed by atoms with Gasteiger partial charge in [-0.05, 0) is 29.5 Å². The van der Waals surface area contributed by atoms with E-state index in [-0.39, 0.29) is 17.6 Å². The number of alkyl halides is 3. The highest BCUT2D eigenvalue weighted by Crippen LogP contribution is 2.30. The van der Waals surface area contributed by atoms with Crippen molar-refractivity contribution >= 4 is 25.3 Å². The summed E-state index contributed by atoms with van der Waals surface area (Å²) >= 11 is 0. The number of carbonyl (C=O) groups is 1. The van der Waals surface area contributed by atoms with Gasteiger partial charge in [-0.1, -0.05) is 24.5 Å². The number of carbonyl (C=O) groups excluding carboxylic acids is 1. The van der Waals surface area contributed by atoms with Gasteiger partial charge < -0.3 is 4.74 Å². The number of hydrogen-bond donors (Lipinski definition) is 0. The molecule has 2 rings (SSSR count). The molecule has 0 spiro atoms. The Morgan fingerprint density at radius 3 is 2.61 bits per heavy atom. The minimum absolute atomic E-state index is 0.0676. The van der Waals surface area contributed by atoms with E-state index in [9.17, 15) is 18.0 Å². The molecule has 6 nitrogen and oxygen atoms in total. The molecule has 0 fully saturated rings. The molecule has 1 aromatic carbocycles. The average Bonchev–Trinajstić information content (AvgIpc) is 2.78. The molecule has 0 atom stereocenters. The molecule has 0 aliphatic rings. The first kappa shape index (κ1) is 17.3. The normalized spacial score (nSPS) is 12.4. The number of aromatic nitrogens is 3. The van der Waals surface area contributed by atoms with E-state index in [4.69, 9.17) is 9.57 Å². The Bertz CT molecular complexity index is 710. The quantitative estimate of drug-likeness (QED) is 0.482. The summed E-state index contributed by atoms with van der Waals surface area (Å²) in [6.45, 7) is 6.54. The van der Waals surface area contributed by atoms with Gasteiger partial charge in [-0.25, -0.2) is 4.79 Å². The second-order valence-electron chi connectivity index (χ2n) is 6.16. The van der Waals surface area contributed by atoms with Gasteiger partial charge in [-0.2, -0.15) is 13.2 Å². The number of ether oxygens (including phenoxy) is 1. The lowest BCUT2D eigenvalue weighted by Crippen LogP contribution is -2.26. The van der Waals surface area contributed by atoms with Crippen LogP contribution in [0, 0.1) is 0 Å². The molecule has 126 valence electrons. The number of rotatable bonds is 4. The SMILES string of the molecule is C[Si](C)(C)CCOC(=O)On1nnc2ccc(C(F)(F)F)cc21. The van der Waals surface area contributed by atoms with Crippen molar-refractivity contribution in [3.63, 3.8) is 0 Å². The third kappa shape index (κ3) is 4.68. The zero-order valence-electron chi connectivity index (χ0n) is 12.8. The van der Waals surface area contributed by atoms with Gasteiger partial charge in [0, 0.05) is 8.07 Å². The van der Waals surface area contributed by atoms with E-state index >= 15 is 0 Å². The molecule has 0 amide bonds. The summed E-state index contributed by atoms with van der Waals surface area (Å²) in [6.07, 6.45) is -5.55. The number of nitrogens with zero attached hydrogens (tertiary/aromatic N) is 3. The van der Waals surface area contributed by atoms with Gasteiger partial charge in [-0.3, -0.25) is 4.84 Å². The fourth-order valence-corrected chi connectivity index (χ4v) is 2.39. The van der Waals surface area contributed by atoms with Crippen molar-refractivity contribution in [3.8, 4) is 0 Å². The van der Waals surface area contributed by atoms with Gasteiger partial charge >= 0.3 is 12.3 Å². The zero-order chi connectivity index (χ0) is 17.3. The highest BCUT2D eigenvalue weighted by atomic mass is 28.3. The molecule has 0 bridgehead atoms. The maximum Gasteiger partial charge on any atom is 0.535 e. The molecule has 0 aliphatic heterocycles. The molecule has 2 aromatic rings. The summed E-state index contributed by atoms with van der Waals surface area (Å²) in [4.78, 5) is 17.0. The Hall–Kier alpha value is -2.10. The van der Waals surface area contributed by atoms with Crippen LogP contribution in [0.1, 0.15) is 5.56 Å². The van der Waals surface area contributed by atoms with Crippen molar-refractivity contribution in [1.82, 2.24) is 15.2 Å². The number of benzene rings is 1. The molecule has 1 heterocycles. The third-order valence-electron chi connectivity index (χ3n) is 2.98. The molecule has 0 aliphatic carbocycles. The van der Waals surface area contributed by atoms with Gasteiger partial charge in [0.15, 0.2) is 0 Å². The Kier molecular flexibility index (Phi) is 4.64. The molecule has 23 heavy (non-hydrogen) atoms. The lowest BCUT2D eigenvalue weighted by atomic mass is 10.2. The minimum Gasteiger partial charge on any atom is -0.433 e. The third-order valence-corrected chi connectivity index (χ3v) is 4.68. The fraction of sp³-hybridized carbons (Fsp3) is 0.462. The molecule has 0 saturated carbocycles. The van der Waals surface area contributed by atoms with Crippen LogP contribution in [0.15, 0.2) is 18.2 Å². The summed E-state index contributed by atoms with van der Waals surface area (Å²) < 4.78 is 43.0. The predicted octanol–water partition coefficient (Wildman–Crippen LogP) is 3.35. The van der Waals surface area contributed by atoms with Gasteiger partial charge in [0.05, 0.1) is 12.2 Å². The van der Waals surface area contributed by atoms with E-state index in [0.29, 0.717) is 4.85 Å². The first-order chi connectivity index (χ1) is 10.6. The fourth-order valence-electron chi connectivity index (χ4n) is 1.68. The van der Waals surface area contributed by atoms with Gasteiger partial charge in [0.1, 0.15) is 11.0 Å². The van der Waals surface area contributed by atoms with Crippen LogP contribution in [0.5, 0.6) is 0 Å². The predicted molar refractivity (Wildman–Crippen MR) is 78.6 cm³/mol. The van der Waals surface area contributed by atoms with Crippen LogP contribution < -0.4 is 4.84 Å². The summed E-state index contributed by atoms with van der Waals surface area (Å²) in [6, 6.07) is 3.60. The molecule has 0 radical (unpaired) electrons. The van der Waals surface area contributed by atoms with Crippen LogP contribution in [0.2, 0.25) is 25.7 Å². The smallest absolute Gasteiger partial charge is 0.433 e. The van der Waals surface area contributed by atoms with Crippen molar-refractivity contribution < 1.29 is 27.5 Å². The van der Waals surface area contributed by atoms with E-state index in [2.05, 4.69) is 30.0 Å². The first-order valence-electron chi connectivity index (χ1n) is 6.84. The standard InChI is InChI=1S/C13H16F3N3O3Si/c1-23(2,3)7-6-21-12(20)22-19-11-8-9(13(14,15)16)4-5-10(11)17-18-19/h4-5,8H,6-7H2,1-3H3. The molecular formula is C13H16F3N3O3Si. The van der Waals surface area contributed by atoms with Crippen LogP contribution in [0.4, 0.5) is 18.0 Å². The molecule has 10 heteroatoms. The average molecular weight is 347 g/mol. The van der Waals surface area contributed by atoms with Gasteiger partial charge in [0.25, 0.3) is 0 Å². The van der Waals surface area contributed by atoms with Crippen molar-refractivity contribution in [1.29, 1.82) is 0 Å². The van der Waals surface area contributed by atoms with Crippen molar-refractivity contribution in [2.75, 3.05) is 6.61 Å². The summed E-state index contributed by atoms with van der Waals surface area (Å²) in [5.41, 5.74) is -0.779. The Balaban J connectivity index is 2.09. The summed E-state index contributed by atoms with van der Waals surface area (Å²) in [7, 11) is -1.37. The van der Waals surface area contributed by atoms with Gasteiger partial charge in [-0.15, -0.1) is 5.10 Å². The molecule has 0 N–H and O–H groups in total. The maximum atomic E-state index is 12.7. The van der Waals surface area contributed by atoms with Crippen LogP contribution >= 0.6 is 0 Å².